The van der Waals surface area contributed by atoms with Crippen molar-refractivity contribution < 1.29 is 19.8 Å². The summed E-state index contributed by atoms with van der Waals surface area (Å²) in [5.41, 5.74) is 1.61. The van der Waals surface area contributed by atoms with Crippen molar-refractivity contribution in [2.45, 2.75) is 58.3 Å². The highest BCUT2D eigenvalue weighted by Gasteiger charge is 2.02. The number of unbranched alkanes of at least 4 members (excludes halogenated alkanes) is 5. The van der Waals surface area contributed by atoms with Gasteiger partial charge in [-0.2, -0.15) is 0 Å². The predicted octanol–water partition coefficient (Wildman–Crippen LogP) is 6.11. The minimum absolute atomic E-state index is 0.206. The number of hydrogen-bond donors (Lipinski definition) is 2. The average molecular weight is 373 g/mol. The van der Waals surface area contributed by atoms with Crippen LogP contribution in [0.5, 0.6) is 0 Å². The number of carbonyl (C=O) groups is 2. The lowest BCUT2D eigenvalue weighted by molar-refractivity contribution is -0.133. The number of aliphatic carboxylic acids is 2. The van der Waals surface area contributed by atoms with Gasteiger partial charge >= 0.3 is 11.9 Å². The van der Waals surface area contributed by atoms with Crippen LogP contribution in [-0.2, 0) is 9.59 Å². The summed E-state index contributed by atoms with van der Waals surface area (Å²) in [6, 6.07) is 9.73. The lowest BCUT2D eigenvalue weighted by Gasteiger charge is -2.00. The van der Waals surface area contributed by atoms with Crippen LogP contribution in [0.2, 0.25) is 0 Å². The third-order valence-electron chi connectivity index (χ3n) is 3.91. The summed E-state index contributed by atoms with van der Waals surface area (Å²) in [6.45, 7) is 9.11. The van der Waals surface area contributed by atoms with Crippen molar-refractivity contribution in [3.05, 3.63) is 66.3 Å². The van der Waals surface area contributed by atoms with E-state index in [0.717, 1.165) is 18.4 Å². The van der Waals surface area contributed by atoms with Crippen molar-refractivity contribution in [3.63, 3.8) is 0 Å². The van der Waals surface area contributed by atoms with E-state index in [0.29, 0.717) is 18.4 Å². The number of benzene rings is 1. The molecule has 0 saturated carbocycles. The van der Waals surface area contributed by atoms with Gasteiger partial charge in [-0.1, -0.05) is 94.7 Å². The highest BCUT2D eigenvalue weighted by molar-refractivity contribution is 5.86. The van der Waals surface area contributed by atoms with Crippen LogP contribution in [0.4, 0.5) is 0 Å². The van der Waals surface area contributed by atoms with Gasteiger partial charge in [-0.3, -0.25) is 0 Å². The van der Waals surface area contributed by atoms with Gasteiger partial charge in [0.05, 0.1) is 0 Å². The summed E-state index contributed by atoms with van der Waals surface area (Å²) < 4.78 is 0. The molecule has 0 heterocycles. The molecular weight excluding hydrogens is 340 g/mol. The first-order valence-corrected chi connectivity index (χ1v) is 9.42. The van der Waals surface area contributed by atoms with Crippen LogP contribution in [0.25, 0.3) is 6.08 Å². The van der Waals surface area contributed by atoms with Gasteiger partial charge in [-0.15, -0.1) is 0 Å². The fourth-order valence-electron chi connectivity index (χ4n) is 2.21. The van der Waals surface area contributed by atoms with Crippen LogP contribution < -0.4 is 0 Å². The van der Waals surface area contributed by atoms with E-state index in [1.165, 1.54) is 25.7 Å². The molecule has 0 aliphatic carbocycles. The Labute approximate surface area is 162 Å². The first-order valence-electron chi connectivity index (χ1n) is 9.42. The molecular formula is C23H32O4. The van der Waals surface area contributed by atoms with Crippen LogP contribution in [0.15, 0.2) is 60.7 Å². The number of rotatable bonds is 12. The van der Waals surface area contributed by atoms with Gasteiger partial charge in [-0.05, 0) is 24.8 Å². The monoisotopic (exact) mass is 372 g/mol. The van der Waals surface area contributed by atoms with Crippen LogP contribution in [0.1, 0.15) is 63.9 Å². The Kier molecular flexibility index (Phi) is 14.1. The standard InChI is InChI=1S/C12H12O2.C11H20O2/c1-10(12(13)14)6-5-9-11-7-3-2-4-8-11;1-3-4-5-6-7-8-9-10(2)11(12)13/h2-5,7-9H,1,6H2,(H,13,14);2-9H2,1H3,(H,12,13). The maximum Gasteiger partial charge on any atom is 0.331 e. The van der Waals surface area contributed by atoms with E-state index in [4.69, 9.17) is 10.2 Å². The van der Waals surface area contributed by atoms with Gasteiger partial charge in [0.25, 0.3) is 0 Å². The van der Waals surface area contributed by atoms with Gasteiger partial charge in [0.1, 0.15) is 0 Å². The van der Waals surface area contributed by atoms with Crippen molar-refractivity contribution in [3.8, 4) is 0 Å². The largest absolute Gasteiger partial charge is 0.478 e. The zero-order valence-electron chi connectivity index (χ0n) is 16.3. The van der Waals surface area contributed by atoms with Crippen molar-refractivity contribution >= 4 is 18.0 Å². The molecule has 0 saturated heterocycles. The van der Waals surface area contributed by atoms with E-state index >= 15 is 0 Å². The van der Waals surface area contributed by atoms with E-state index in [2.05, 4.69) is 20.1 Å². The van der Waals surface area contributed by atoms with Gasteiger partial charge in [-0.25, -0.2) is 9.59 Å². The van der Waals surface area contributed by atoms with Crippen LogP contribution in [-0.4, -0.2) is 22.2 Å². The molecule has 1 aromatic carbocycles. The summed E-state index contributed by atoms with van der Waals surface area (Å²) in [7, 11) is 0. The number of carboxylic acids is 2. The molecule has 0 unspecified atom stereocenters. The van der Waals surface area contributed by atoms with Gasteiger partial charge in [0, 0.05) is 11.1 Å². The molecule has 0 aromatic heterocycles. The third kappa shape index (κ3) is 14.3. The molecule has 0 atom stereocenters. The van der Waals surface area contributed by atoms with Crippen molar-refractivity contribution in [2.75, 3.05) is 0 Å². The first-order chi connectivity index (χ1) is 12.9. The van der Waals surface area contributed by atoms with Gasteiger partial charge in [0.2, 0.25) is 0 Å². The second-order valence-electron chi connectivity index (χ2n) is 6.35. The maximum atomic E-state index is 10.4. The topological polar surface area (TPSA) is 74.6 Å². The molecule has 1 rings (SSSR count). The zero-order valence-corrected chi connectivity index (χ0v) is 16.3. The van der Waals surface area contributed by atoms with Crippen LogP contribution in [0.3, 0.4) is 0 Å². The second-order valence-corrected chi connectivity index (χ2v) is 6.35. The highest BCUT2D eigenvalue weighted by Crippen LogP contribution is 2.10. The van der Waals surface area contributed by atoms with E-state index in [1.54, 1.807) is 6.08 Å². The minimum Gasteiger partial charge on any atom is -0.478 e. The average Bonchev–Trinajstić information content (AvgIpc) is 2.65. The minimum atomic E-state index is -0.942. The lowest BCUT2D eigenvalue weighted by Crippen LogP contribution is -1.98. The molecule has 0 fully saturated rings. The van der Waals surface area contributed by atoms with E-state index in [9.17, 15) is 9.59 Å². The summed E-state index contributed by atoms with van der Waals surface area (Å²) in [5.74, 6) is -1.80. The number of carboxylic acid groups (broad SMARTS) is 2. The molecule has 4 heteroatoms. The molecule has 0 radical (unpaired) electrons. The fourth-order valence-corrected chi connectivity index (χ4v) is 2.21. The fraction of sp³-hybridized carbons (Fsp3) is 0.391. The molecule has 0 spiro atoms. The Morgan fingerprint density at radius 3 is 2.00 bits per heavy atom. The SMILES string of the molecule is C=C(CC=Cc1ccccc1)C(=O)O.C=C(CCCCCCCC)C(=O)O. The quantitative estimate of drug-likeness (QED) is 0.343. The Hall–Kier alpha value is -2.62. The van der Waals surface area contributed by atoms with Crippen molar-refractivity contribution in [1.82, 2.24) is 0 Å². The first kappa shape index (κ1) is 24.4. The normalized spacial score (nSPS) is 10.1. The smallest absolute Gasteiger partial charge is 0.331 e. The molecule has 0 aliphatic heterocycles. The summed E-state index contributed by atoms with van der Waals surface area (Å²) in [6.07, 6.45) is 11.8. The Bertz CT molecular complexity index is 615. The lowest BCUT2D eigenvalue weighted by atomic mass is 10.1. The Morgan fingerprint density at radius 2 is 1.44 bits per heavy atom. The van der Waals surface area contributed by atoms with Gasteiger partial charge < -0.3 is 10.2 Å². The zero-order chi connectivity index (χ0) is 20.5. The summed E-state index contributed by atoms with van der Waals surface area (Å²) in [5, 5.41) is 17.1. The summed E-state index contributed by atoms with van der Waals surface area (Å²) in [4.78, 5) is 20.8. The molecule has 1 aromatic rings. The molecule has 4 nitrogen and oxygen atoms in total. The predicted molar refractivity (Wildman–Crippen MR) is 112 cm³/mol. The van der Waals surface area contributed by atoms with E-state index in [1.807, 2.05) is 36.4 Å². The van der Waals surface area contributed by atoms with Crippen LogP contribution >= 0.6 is 0 Å². The third-order valence-corrected chi connectivity index (χ3v) is 3.91. The molecule has 0 aliphatic rings. The van der Waals surface area contributed by atoms with E-state index in [-0.39, 0.29) is 5.57 Å². The summed E-state index contributed by atoms with van der Waals surface area (Å²) >= 11 is 0. The molecule has 0 amide bonds. The molecule has 148 valence electrons. The van der Waals surface area contributed by atoms with Crippen LogP contribution in [0, 0.1) is 0 Å². The molecule has 0 bridgehead atoms. The van der Waals surface area contributed by atoms with Crippen molar-refractivity contribution in [1.29, 1.82) is 0 Å². The molecule has 2 N–H and O–H groups in total. The van der Waals surface area contributed by atoms with Crippen molar-refractivity contribution in [2.24, 2.45) is 0 Å². The maximum absolute atomic E-state index is 10.4. The number of allylic oxidation sites excluding steroid dienone is 1. The second kappa shape index (κ2) is 15.6. The Morgan fingerprint density at radius 1 is 0.889 bits per heavy atom. The Balaban J connectivity index is 0.000000503. The number of hydrogen-bond acceptors (Lipinski definition) is 2. The van der Waals surface area contributed by atoms with Gasteiger partial charge in [0.15, 0.2) is 0 Å². The molecule has 27 heavy (non-hydrogen) atoms. The van der Waals surface area contributed by atoms with E-state index < -0.39 is 11.9 Å². The highest BCUT2D eigenvalue weighted by atomic mass is 16.4.